The molecule has 104 valence electrons. The number of benzene rings is 1. The Hall–Kier alpha value is -1.74. The number of rotatable bonds is 4. The largest absolute Gasteiger partial charge is 0.314 e. The molecule has 0 bridgehead atoms. The second kappa shape index (κ2) is 5.33. The SMILES string of the molecule is CNCc1cc(C)nc(C2(c3ccccc3)CCC2)n1. The molecule has 1 saturated carbocycles. The van der Waals surface area contributed by atoms with Gasteiger partial charge in [-0.05, 0) is 38.4 Å². The van der Waals surface area contributed by atoms with Crippen LogP contribution in [0.2, 0.25) is 0 Å². The standard InChI is InChI=1S/C17H21N3/c1-13-11-15(12-18-2)20-16(19-13)17(9-6-10-17)14-7-4-3-5-8-14/h3-5,7-8,11,18H,6,9-10,12H2,1-2H3. The highest BCUT2D eigenvalue weighted by atomic mass is 14.9. The van der Waals surface area contributed by atoms with Crippen LogP contribution in [0, 0.1) is 6.92 Å². The van der Waals surface area contributed by atoms with Crippen molar-refractivity contribution >= 4 is 0 Å². The predicted octanol–water partition coefficient (Wildman–Crippen LogP) is 2.97. The van der Waals surface area contributed by atoms with Crippen molar-refractivity contribution in [1.29, 1.82) is 0 Å². The van der Waals surface area contributed by atoms with Gasteiger partial charge in [-0.2, -0.15) is 0 Å². The lowest BCUT2D eigenvalue weighted by atomic mass is 9.64. The zero-order chi connectivity index (χ0) is 14.0. The van der Waals surface area contributed by atoms with Crippen LogP contribution in [0.25, 0.3) is 0 Å². The van der Waals surface area contributed by atoms with Crippen molar-refractivity contribution in [2.24, 2.45) is 0 Å². The topological polar surface area (TPSA) is 37.8 Å². The Morgan fingerprint density at radius 1 is 1.15 bits per heavy atom. The Balaban J connectivity index is 2.06. The van der Waals surface area contributed by atoms with E-state index in [-0.39, 0.29) is 5.41 Å². The molecule has 2 aromatic rings. The second-order valence-electron chi connectivity index (χ2n) is 5.66. The highest BCUT2D eigenvalue weighted by Crippen LogP contribution is 2.47. The summed E-state index contributed by atoms with van der Waals surface area (Å²) in [6.07, 6.45) is 3.56. The average molecular weight is 267 g/mol. The van der Waals surface area contributed by atoms with Crippen LogP contribution >= 0.6 is 0 Å². The third kappa shape index (κ3) is 2.22. The molecule has 0 atom stereocenters. The Bertz CT molecular complexity index is 588. The van der Waals surface area contributed by atoms with Crippen molar-refractivity contribution in [3.8, 4) is 0 Å². The number of nitrogens with zero attached hydrogens (tertiary/aromatic N) is 2. The Labute approximate surface area is 120 Å². The summed E-state index contributed by atoms with van der Waals surface area (Å²) < 4.78 is 0. The third-order valence-electron chi connectivity index (χ3n) is 4.23. The van der Waals surface area contributed by atoms with Gasteiger partial charge in [0.15, 0.2) is 0 Å². The van der Waals surface area contributed by atoms with E-state index in [1.807, 2.05) is 7.05 Å². The molecule has 1 heterocycles. The van der Waals surface area contributed by atoms with Crippen LogP contribution in [0.15, 0.2) is 36.4 Å². The number of aromatic nitrogens is 2. The zero-order valence-corrected chi connectivity index (χ0v) is 12.2. The van der Waals surface area contributed by atoms with Crippen LogP contribution in [0.1, 0.15) is 42.0 Å². The van der Waals surface area contributed by atoms with Gasteiger partial charge in [0.1, 0.15) is 5.82 Å². The molecule has 0 unspecified atom stereocenters. The summed E-state index contributed by atoms with van der Waals surface area (Å²) in [6.45, 7) is 2.85. The van der Waals surface area contributed by atoms with Gasteiger partial charge in [-0.15, -0.1) is 0 Å². The molecular formula is C17H21N3. The molecule has 0 saturated heterocycles. The summed E-state index contributed by atoms with van der Waals surface area (Å²) in [5.74, 6) is 1.00. The van der Waals surface area contributed by atoms with Gasteiger partial charge in [-0.1, -0.05) is 36.8 Å². The third-order valence-corrected chi connectivity index (χ3v) is 4.23. The first-order valence-corrected chi connectivity index (χ1v) is 7.30. The lowest BCUT2D eigenvalue weighted by Gasteiger charge is -2.41. The lowest BCUT2D eigenvalue weighted by molar-refractivity contribution is 0.284. The van der Waals surface area contributed by atoms with Crippen molar-refractivity contribution in [2.75, 3.05) is 7.05 Å². The van der Waals surface area contributed by atoms with Crippen LogP contribution in [0.4, 0.5) is 0 Å². The summed E-state index contributed by atoms with van der Waals surface area (Å²) in [5.41, 5.74) is 3.53. The summed E-state index contributed by atoms with van der Waals surface area (Å²) >= 11 is 0. The van der Waals surface area contributed by atoms with E-state index < -0.39 is 0 Å². The Morgan fingerprint density at radius 3 is 2.50 bits per heavy atom. The van der Waals surface area contributed by atoms with Gasteiger partial charge in [0.05, 0.1) is 11.1 Å². The molecule has 0 radical (unpaired) electrons. The fraction of sp³-hybridized carbons (Fsp3) is 0.412. The molecule has 1 aromatic carbocycles. The van der Waals surface area contributed by atoms with E-state index >= 15 is 0 Å². The summed E-state index contributed by atoms with van der Waals surface area (Å²) in [6, 6.07) is 12.8. The highest BCUT2D eigenvalue weighted by Gasteiger charge is 2.43. The van der Waals surface area contributed by atoms with Crippen LogP contribution < -0.4 is 5.32 Å². The maximum absolute atomic E-state index is 4.82. The van der Waals surface area contributed by atoms with Gasteiger partial charge in [-0.3, -0.25) is 0 Å². The second-order valence-corrected chi connectivity index (χ2v) is 5.66. The van der Waals surface area contributed by atoms with E-state index in [0.29, 0.717) is 0 Å². The first-order chi connectivity index (χ1) is 9.74. The van der Waals surface area contributed by atoms with Crippen molar-refractivity contribution in [1.82, 2.24) is 15.3 Å². The number of aryl methyl sites for hydroxylation is 1. The van der Waals surface area contributed by atoms with E-state index in [4.69, 9.17) is 9.97 Å². The van der Waals surface area contributed by atoms with E-state index in [2.05, 4.69) is 48.6 Å². The molecule has 1 aliphatic rings. The van der Waals surface area contributed by atoms with E-state index in [9.17, 15) is 0 Å². The van der Waals surface area contributed by atoms with E-state index in [0.717, 1.165) is 36.6 Å². The first-order valence-electron chi connectivity index (χ1n) is 7.30. The predicted molar refractivity (Wildman–Crippen MR) is 80.6 cm³/mol. The molecule has 3 nitrogen and oxygen atoms in total. The molecule has 20 heavy (non-hydrogen) atoms. The maximum Gasteiger partial charge on any atom is 0.139 e. The fourth-order valence-corrected chi connectivity index (χ4v) is 3.05. The molecule has 1 aliphatic carbocycles. The van der Waals surface area contributed by atoms with Gasteiger partial charge in [0, 0.05) is 12.2 Å². The minimum atomic E-state index is 0.0375. The zero-order valence-electron chi connectivity index (χ0n) is 12.2. The average Bonchev–Trinajstić information content (AvgIpc) is 2.38. The van der Waals surface area contributed by atoms with Crippen LogP contribution in [0.5, 0.6) is 0 Å². The van der Waals surface area contributed by atoms with Gasteiger partial charge in [0.2, 0.25) is 0 Å². The smallest absolute Gasteiger partial charge is 0.139 e. The molecule has 0 spiro atoms. The number of hydrogen-bond acceptors (Lipinski definition) is 3. The monoisotopic (exact) mass is 267 g/mol. The summed E-state index contributed by atoms with van der Waals surface area (Å²) in [4.78, 5) is 9.57. The lowest BCUT2D eigenvalue weighted by Crippen LogP contribution is -2.38. The maximum atomic E-state index is 4.82. The molecule has 0 amide bonds. The van der Waals surface area contributed by atoms with Gasteiger partial charge in [0.25, 0.3) is 0 Å². The number of nitrogens with one attached hydrogen (secondary N) is 1. The van der Waals surface area contributed by atoms with Crippen molar-refractivity contribution < 1.29 is 0 Å². The van der Waals surface area contributed by atoms with Crippen molar-refractivity contribution in [3.63, 3.8) is 0 Å². The molecule has 0 aliphatic heterocycles. The van der Waals surface area contributed by atoms with Crippen LogP contribution in [-0.2, 0) is 12.0 Å². The minimum absolute atomic E-state index is 0.0375. The normalized spacial score (nSPS) is 16.7. The number of hydrogen-bond donors (Lipinski definition) is 1. The van der Waals surface area contributed by atoms with Gasteiger partial charge in [-0.25, -0.2) is 9.97 Å². The first kappa shape index (κ1) is 13.3. The Kier molecular flexibility index (Phi) is 3.53. The van der Waals surface area contributed by atoms with E-state index in [1.54, 1.807) is 0 Å². The van der Waals surface area contributed by atoms with E-state index in [1.165, 1.54) is 12.0 Å². The quantitative estimate of drug-likeness (QED) is 0.925. The molecule has 3 rings (SSSR count). The highest BCUT2D eigenvalue weighted by molar-refractivity contribution is 5.36. The van der Waals surface area contributed by atoms with Crippen LogP contribution in [-0.4, -0.2) is 17.0 Å². The van der Waals surface area contributed by atoms with Gasteiger partial charge < -0.3 is 5.32 Å². The minimum Gasteiger partial charge on any atom is -0.314 e. The van der Waals surface area contributed by atoms with Gasteiger partial charge >= 0.3 is 0 Å². The molecule has 1 fully saturated rings. The molecule has 1 N–H and O–H groups in total. The van der Waals surface area contributed by atoms with Crippen molar-refractivity contribution in [3.05, 3.63) is 59.2 Å². The summed E-state index contributed by atoms with van der Waals surface area (Å²) in [5, 5.41) is 3.18. The summed E-state index contributed by atoms with van der Waals surface area (Å²) in [7, 11) is 1.95. The van der Waals surface area contributed by atoms with Crippen molar-refractivity contribution in [2.45, 2.75) is 38.1 Å². The van der Waals surface area contributed by atoms with Crippen LogP contribution in [0.3, 0.4) is 0 Å². The molecule has 3 heteroatoms. The molecule has 1 aromatic heterocycles. The molecular weight excluding hydrogens is 246 g/mol. The Morgan fingerprint density at radius 2 is 1.90 bits per heavy atom. The fourth-order valence-electron chi connectivity index (χ4n) is 3.05.